The van der Waals surface area contributed by atoms with E-state index in [0.717, 1.165) is 11.1 Å². The maximum Gasteiger partial charge on any atom is 0.243 e. The fourth-order valence-electron chi connectivity index (χ4n) is 2.44. The topological polar surface area (TPSA) is 59.5 Å². The summed E-state index contributed by atoms with van der Waals surface area (Å²) in [6.07, 6.45) is 1.68. The fourth-order valence-corrected chi connectivity index (χ4v) is 4.03. The Labute approximate surface area is 159 Å². The zero-order valence-electron chi connectivity index (χ0n) is 17.2. The van der Waals surface area contributed by atoms with Crippen LogP contribution in [0.15, 0.2) is 35.4 Å². The third-order valence-corrected chi connectivity index (χ3v) is 5.48. The number of sulfonamides is 1. The van der Waals surface area contributed by atoms with Crippen LogP contribution in [0.2, 0.25) is 0 Å². The van der Waals surface area contributed by atoms with Gasteiger partial charge in [0.1, 0.15) is 0 Å². The van der Waals surface area contributed by atoms with Crippen LogP contribution in [0.4, 0.5) is 0 Å². The van der Waals surface area contributed by atoms with Gasteiger partial charge in [0.2, 0.25) is 10.0 Å². The Bertz CT molecular complexity index is 740. The van der Waals surface area contributed by atoms with Crippen LogP contribution >= 0.6 is 0 Å². The number of ether oxygens (including phenoxy) is 1. The Morgan fingerprint density at radius 1 is 0.962 bits per heavy atom. The molecule has 1 fully saturated rings. The van der Waals surface area contributed by atoms with E-state index in [-0.39, 0.29) is 0 Å². The fraction of sp³-hybridized carbons (Fsp3) is 0.550. The molecule has 1 aliphatic rings. The summed E-state index contributed by atoms with van der Waals surface area (Å²) in [6, 6.07) is 7.05. The van der Waals surface area contributed by atoms with Gasteiger partial charge in [-0.05, 0) is 30.7 Å². The summed E-state index contributed by atoms with van der Waals surface area (Å²) in [5, 5.41) is 0.680. The van der Waals surface area contributed by atoms with Crippen molar-refractivity contribution in [3.05, 3.63) is 36.0 Å². The Kier molecular flexibility index (Phi) is 12.1. The van der Waals surface area contributed by atoms with Crippen LogP contribution in [0.3, 0.4) is 0 Å². The number of hydrogen-bond donors (Lipinski definition) is 0. The predicted molar refractivity (Wildman–Crippen MR) is 110 cm³/mol. The Balaban J connectivity index is 0.000000948. The molecule has 26 heavy (non-hydrogen) atoms. The van der Waals surface area contributed by atoms with Gasteiger partial charge in [0.25, 0.3) is 0 Å². The van der Waals surface area contributed by atoms with Gasteiger partial charge in [0.05, 0.1) is 23.6 Å². The summed E-state index contributed by atoms with van der Waals surface area (Å²) >= 11 is 0. The van der Waals surface area contributed by atoms with Crippen molar-refractivity contribution >= 4 is 20.9 Å². The maximum absolute atomic E-state index is 12.8. The van der Waals surface area contributed by atoms with Gasteiger partial charge in [-0.3, -0.25) is 4.98 Å². The molecule has 1 aliphatic heterocycles. The molecule has 6 heteroatoms. The molecule has 0 saturated carbocycles. The van der Waals surface area contributed by atoms with Crippen molar-refractivity contribution in [3.8, 4) is 0 Å². The lowest BCUT2D eigenvalue weighted by atomic mass is 10.1. The lowest BCUT2D eigenvalue weighted by Crippen LogP contribution is -2.40. The van der Waals surface area contributed by atoms with E-state index in [0.29, 0.717) is 36.6 Å². The molecule has 2 aromatic rings. The Morgan fingerprint density at radius 2 is 1.54 bits per heavy atom. The molecule has 1 aromatic carbocycles. The normalized spacial score (nSPS) is 14.1. The molecule has 0 aliphatic carbocycles. The van der Waals surface area contributed by atoms with Crippen molar-refractivity contribution in [2.75, 3.05) is 26.3 Å². The number of nitrogens with zero attached hydrogens (tertiary/aromatic N) is 2. The van der Waals surface area contributed by atoms with Gasteiger partial charge in [-0.2, -0.15) is 4.31 Å². The first-order valence-corrected chi connectivity index (χ1v) is 11.0. The number of benzene rings is 1. The highest BCUT2D eigenvalue weighted by atomic mass is 32.2. The highest BCUT2D eigenvalue weighted by Crippen LogP contribution is 2.27. The molecule has 1 saturated heterocycles. The molecule has 1 aromatic heterocycles. The summed E-state index contributed by atoms with van der Waals surface area (Å²) in [4.78, 5) is 4.62. The zero-order chi connectivity index (χ0) is 20.2. The third-order valence-electron chi connectivity index (χ3n) is 3.52. The maximum atomic E-state index is 12.8. The number of rotatable bonds is 2. The van der Waals surface area contributed by atoms with Gasteiger partial charge in [0, 0.05) is 24.7 Å². The smallest absolute Gasteiger partial charge is 0.243 e. The van der Waals surface area contributed by atoms with Crippen molar-refractivity contribution in [2.24, 2.45) is 0 Å². The lowest BCUT2D eigenvalue weighted by Gasteiger charge is -2.26. The van der Waals surface area contributed by atoms with E-state index in [1.165, 1.54) is 4.31 Å². The molecule has 0 atom stereocenters. The lowest BCUT2D eigenvalue weighted by molar-refractivity contribution is 0.0730. The second kappa shape index (κ2) is 12.8. The molecule has 0 N–H and O–H groups in total. The van der Waals surface area contributed by atoms with Crippen LogP contribution in [-0.2, 0) is 14.8 Å². The van der Waals surface area contributed by atoms with Gasteiger partial charge in [0.15, 0.2) is 0 Å². The van der Waals surface area contributed by atoms with Crippen LogP contribution in [0, 0.1) is 6.92 Å². The van der Waals surface area contributed by atoms with Crippen molar-refractivity contribution in [2.45, 2.75) is 53.4 Å². The van der Waals surface area contributed by atoms with Crippen molar-refractivity contribution < 1.29 is 13.2 Å². The largest absolute Gasteiger partial charge is 0.379 e. The minimum atomic E-state index is -3.49. The third kappa shape index (κ3) is 5.76. The zero-order valence-corrected chi connectivity index (χ0v) is 18.1. The van der Waals surface area contributed by atoms with E-state index in [4.69, 9.17) is 4.74 Å². The predicted octanol–water partition coefficient (Wildman–Crippen LogP) is 4.64. The number of fused-ring (bicyclic) bond motifs is 1. The van der Waals surface area contributed by atoms with Crippen LogP contribution in [0.5, 0.6) is 0 Å². The molecule has 3 rings (SSSR count). The first kappa shape index (κ1) is 24.5. The van der Waals surface area contributed by atoms with E-state index >= 15 is 0 Å². The van der Waals surface area contributed by atoms with E-state index < -0.39 is 10.0 Å². The molecule has 5 nitrogen and oxygen atoms in total. The van der Waals surface area contributed by atoms with E-state index in [1.54, 1.807) is 18.3 Å². The highest BCUT2D eigenvalue weighted by Gasteiger charge is 2.28. The Morgan fingerprint density at radius 3 is 2.12 bits per heavy atom. The molecule has 2 heterocycles. The summed E-state index contributed by atoms with van der Waals surface area (Å²) < 4.78 is 32.2. The van der Waals surface area contributed by atoms with Crippen LogP contribution in [-0.4, -0.2) is 44.0 Å². The first-order chi connectivity index (χ1) is 12.6. The van der Waals surface area contributed by atoms with Gasteiger partial charge < -0.3 is 4.74 Å². The van der Waals surface area contributed by atoms with Gasteiger partial charge in [-0.25, -0.2) is 8.42 Å². The minimum Gasteiger partial charge on any atom is -0.379 e. The van der Waals surface area contributed by atoms with E-state index in [2.05, 4.69) is 4.98 Å². The molecule has 0 bridgehead atoms. The van der Waals surface area contributed by atoms with Crippen LogP contribution in [0.1, 0.15) is 47.1 Å². The van der Waals surface area contributed by atoms with Gasteiger partial charge >= 0.3 is 0 Å². The summed E-state index contributed by atoms with van der Waals surface area (Å²) in [5.74, 6) is 0. The quantitative estimate of drug-likeness (QED) is 0.759. The molecule has 0 unspecified atom stereocenters. The van der Waals surface area contributed by atoms with Crippen LogP contribution in [0.25, 0.3) is 10.9 Å². The van der Waals surface area contributed by atoms with Crippen LogP contribution < -0.4 is 0 Å². The molecule has 0 spiro atoms. The summed E-state index contributed by atoms with van der Waals surface area (Å²) in [5.41, 5.74) is 1.71. The molecular formula is C20H34N2O3S. The molecule has 0 radical (unpaired) electrons. The molecule has 0 amide bonds. The van der Waals surface area contributed by atoms with Gasteiger partial charge in [-0.1, -0.05) is 47.6 Å². The average molecular weight is 383 g/mol. The van der Waals surface area contributed by atoms with Crippen molar-refractivity contribution in [3.63, 3.8) is 0 Å². The number of hydrogen-bond acceptors (Lipinski definition) is 4. The first-order valence-electron chi connectivity index (χ1n) is 9.53. The summed E-state index contributed by atoms with van der Waals surface area (Å²) in [7, 11) is -3.49. The second-order valence-electron chi connectivity index (χ2n) is 4.80. The van der Waals surface area contributed by atoms with Crippen molar-refractivity contribution in [1.82, 2.24) is 9.29 Å². The van der Waals surface area contributed by atoms with E-state index in [1.807, 2.05) is 60.6 Å². The monoisotopic (exact) mass is 382 g/mol. The summed E-state index contributed by atoms with van der Waals surface area (Å²) in [6.45, 7) is 15.6. The average Bonchev–Trinajstić information content (AvgIpc) is 2.73. The van der Waals surface area contributed by atoms with Gasteiger partial charge in [-0.15, -0.1) is 0 Å². The SMILES string of the molecule is CC.CC.CC.Cc1ccc(S(=O)(=O)N2CCOCC2)c2cccnc12. The number of aryl methyl sites for hydroxylation is 1. The number of morpholine rings is 1. The van der Waals surface area contributed by atoms with E-state index in [9.17, 15) is 8.42 Å². The Hall–Kier alpha value is -1.50. The van der Waals surface area contributed by atoms with Crippen molar-refractivity contribution in [1.29, 1.82) is 0 Å². The second-order valence-corrected chi connectivity index (χ2v) is 6.70. The standard InChI is InChI=1S/C14H16N2O3S.3C2H6/c1-11-4-5-13(12-3-2-6-15-14(11)12)20(17,18)16-7-9-19-10-8-16;3*1-2/h2-6H,7-10H2,1H3;3*1-2H3. The highest BCUT2D eigenvalue weighted by molar-refractivity contribution is 7.89. The minimum absolute atomic E-state index is 0.327. The number of pyridine rings is 1. The molecule has 148 valence electrons. The number of aromatic nitrogens is 1. The molecular weight excluding hydrogens is 348 g/mol.